The summed E-state index contributed by atoms with van der Waals surface area (Å²) >= 11 is 0. The molecule has 0 aromatic rings. The molecule has 13 heteroatoms. The van der Waals surface area contributed by atoms with Crippen molar-refractivity contribution in [2.75, 3.05) is 132 Å². The van der Waals surface area contributed by atoms with Crippen LogP contribution in [0.2, 0.25) is 19.6 Å². The van der Waals surface area contributed by atoms with Crippen molar-refractivity contribution in [2.24, 2.45) is 0 Å². The van der Waals surface area contributed by atoms with Crippen molar-refractivity contribution in [3.05, 3.63) is 0 Å². The standard InChI is InChI=1S/C26H54O12Si/c1-5-37-26(27)6-7-28-8-9-29-10-11-30-12-13-31-14-15-32-16-17-33-18-19-34-20-21-35-22-23-36-24-25-38-39(2,3)4/h5-25H2,1-4H3. The Bertz CT molecular complexity index is 508. The maximum absolute atomic E-state index is 11.1. The van der Waals surface area contributed by atoms with Crippen LogP contribution in [0.3, 0.4) is 0 Å². The van der Waals surface area contributed by atoms with Crippen LogP contribution in [-0.4, -0.2) is 146 Å². The van der Waals surface area contributed by atoms with Crippen LogP contribution in [0.25, 0.3) is 0 Å². The first-order valence-corrected chi connectivity index (χ1v) is 17.4. The van der Waals surface area contributed by atoms with E-state index >= 15 is 0 Å². The second-order valence-electron chi connectivity index (χ2n) is 9.03. The topological polar surface area (TPSA) is 119 Å². The van der Waals surface area contributed by atoms with Crippen molar-refractivity contribution < 1.29 is 56.6 Å². The van der Waals surface area contributed by atoms with Gasteiger partial charge in [0.1, 0.15) is 0 Å². The van der Waals surface area contributed by atoms with E-state index in [0.29, 0.717) is 132 Å². The zero-order chi connectivity index (χ0) is 28.7. The fraction of sp³-hybridized carbons (Fsp3) is 0.962. The average molecular weight is 587 g/mol. The minimum absolute atomic E-state index is 0.248. The summed E-state index contributed by atoms with van der Waals surface area (Å²) in [6.45, 7) is 18.3. The van der Waals surface area contributed by atoms with E-state index in [1.165, 1.54) is 0 Å². The molecule has 0 aromatic carbocycles. The first-order valence-electron chi connectivity index (χ1n) is 13.9. The molecule has 12 nitrogen and oxygen atoms in total. The van der Waals surface area contributed by atoms with E-state index in [0.717, 1.165) is 0 Å². The van der Waals surface area contributed by atoms with E-state index in [4.69, 9.17) is 51.8 Å². The Morgan fingerprint density at radius 3 is 0.949 bits per heavy atom. The monoisotopic (exact) mass is 586 g/mol. The highest BCUT2D eigenvalue weighted by Crippen LogP contribution is 2.01. The van der Waals surface area contributed by atoms with Crippen molar-refractivity contribution in [1.29, 1.82) is 0 Å². The molecule has 0 amide bonds. The van der Waals surface area contributed by atoms with Crippen LogP contribution in [-0.2, 0) is 56.6 Å². The quantitative estimate of drug-likeness (QED) is 0.0651. The summed E-state index contributed by atoms with van der Waals surface area (Å²) in [6, 6.07) is 0. The third-order valence-electron chi connectivity index (χ3n) is 4.49. The van der Waals surface area contributed by atoms with E-state index in [2.05, 4.69) is 19.6 Å². The van der Waals surface area contributed by atoms with Crippen LogP contribution in [0.4, 0.5) is 0 Å². The lowest BCUT2D eigenvalue weighted by atomic mass is 10.5. The maximum Gasteiger partial charge on any atom is 0.308 e. The predicted molar refractivity (Wildman–Crippen MR) is 148 cm³/mol. The van der Waals surface area contributed by atoms with Crippen LogP contribution in [0.5, 0.6) is 0 Å². The van der Waals surface area contributed by atoms with Crippen molar-refractivity contribution in [2.45, 2.75) is 33.0 Å². The predicted octanol–water partition coefficient (Wildman–Crippen LogP) is 1.94. The molecular formula is C26H54O12Si. The first-order chi connectivity index (χ1) is 19.0. The third-order valence-corrected chi connectivity index (χ3v) is 5.56. The van der Waals surface area contributed by atoms with Gasteiger partial charge in [-0.2, -0.15) is 0 Å². The molecule has 0 unspecified atom stereocenters. The van der Waals surface area contributed by atoms with Gasteiger partial charge in [-0.25, -0.2) is 0 Å². The van der Waals surface area contributed by atoms with Crippen LogP contribution in [0.15, 0.2) is 0 Å². The van der Waals surface area contributed by atoms with E-state index in [1.807, 2.05) is 0 Å². The van der Waals surface area contributed by atoms with Gasteiger partial charge < -0.3 is 51.8 Å². The molecule has 0 aliphatic rings. The van der Waals surface area contributed by atoms with Gasteiger partial charge in [-0.05, 0) is 26.6 Å². The van der Waals surface area contributed by atoms with Crippen molar-refractivity contribution in [3.8, 4) is 0 Å². The van der Waals surface area contributed by atoms with Gasteiger partial charge >= 0.3 is 5.97 Å². The molecule has 0 radical (unpaired) electrons. The van der Waals surface area contributed by atoms with Gasteiger partial charge in [0.05, 0.1) is 139 Å². The van der Waals surface area contributed by atoms with Crippen LogP contribution >= 0.6 is 0 Å². The summed E-state index contributed by atoms with van der Waals surface area (Å²) in [7, 11) is -1.45. The Balaban J connectivity index is 3.07. The Hall–Kier alpha value is -0.713. The lowest BCUT2D eigenvalue weighted by Crippen LogP contribution is -2.27. The molecule has 0 aliphatic heterocycles. The highest BCUT2D eigenvalue weighted by atomic mass is 28.4. The zero-order valence-corrected chi connectivity index (χ0v) is 25.7. The molecule has 0 rings (SSSR count). The van der Waals surface area contributed by atoms with E-state index in [9.17, 15) is 4.79 Å². The Morgan fingerprint density at radius 1 is 0.436 bits per heavy atom. The minimum atomic E-state index is -1.45. The minimum Gasteiger partial charge on any atom is -0.466 e. The smallest absolute Gasteiger partial charge is 0.308 e. The third kappa shape index (κ3) is 35.3. The lowest BCUT2D eigenvalue weighted by Gasteiger charge is -2.16. The summed E-state index contributed by atoms with van der Waals surface area (Å²) in [5.41, 5.74) is 0. The molecule has 0 bridgehead atoms. The molecule has 0 saturated heterocycles. The molecule has 0 aliphatic carbocycles. The average Bonchev–Trinajstić information content (AvgIpc) is 2.89. The van der Waals surface area contributed by atoms with Crippen LogP contribution < -0.4 is 0 Å². The molecule has 0 N–H and O–H groups in total. The highest BCUT2D eigenvalue weighted by Gasteiger charge is 2.13. The second kappa shape index (κ2) is 30.3. The highest BCUT2D eigenvalue weighted by molar-refractivity contribution is 6.69. The maximum atomic E-state index is 11.1. The number of esters is 1. The summed E-state index contributed by atoms with van der Waals surface area (Å²) in [5, 5.41) is 0. The summed E-state index contributed by atoms with van der Waals surface area (Å²) in [6.07, 6.45) is 0.260. The molecule has 0 saturated carbocycles. The number of carbonyl (C=O) groups excluding carboxylic acids is 1. The second-order valence-corrected chi connectivity index (χ2v) is 13.5. The zero-order valence-electron chi connectivity index (χ0n) is 24.7. The van der Waals surface area contributed by atoms with Gasteiger partial charge in [0, 0.05) is 0 Å². The number of carbonyl (C=O) groups is 1. The van der Waals surface area contributed by atoms with Crippen molar-refractivity contribution >= 4 is 14.3 Å². The largest absolute Gasteiger partial charge is 0.466 e. The lowest BCUT2D eigenvalue weighted by molar-refractivity contribution is -0.144. The molecule has 0 spiro atoms. The van der Waals surface area contributed by atoms with Crippen molar-refractivity contribution in [1.82, 2.24) is 0 Å². The summed E-state index contributed by atoms with van der Waals surface area (Å²) in [5.74, 6) is -0.248. The number of rotatable bonds is 32. The summed E-state index contributed by atoms with van der Waals surface area (Å²) < 4.78 is 59.3. The van der Waals surface area contributed by atoms with Gasteiger partial charge in [0.15, 0.2) is 8.32 Å². The number of hydrogen-bond donors (Lipinski definition) is 0. The molecule has 0 atom stereocenters. The van der Waals surface area contributed by atoms with Gasteiger partial charge in [-0.3, -0.25) is 4.79 Å². The fourth-order valence-electron chi connectivity index (χ4n) is 2.66. The number of ether oxygens (including phenoxy) is 10. The first kappa shape index (κ1) is 38.3. The van der Waals surface area contributed by atoms with E-state index in [1.54, 1.807) is 6.92 Å². The normalized spacial score (nSPS) is 11.8. The van der Waals surface area contributed by atoms with Gasteiger partial charge in [-0.15, -0.1) is 0 Å². The van der Waals surface area contributed by atoms with Crippen LogP contribution in [0.1, 0.15) is 13.3 Å². The van der Waals surface area contributed by atoms with Crippen molar-refractivity contribution in [3.63, 3.8) is 0 Å². The fourth-order valence-corrected chi connectivity index (χ4v) is 3.35. The van der Waals surface area contributed by atoms with Crippen LogP contribution in [0, 0.1) is 0 Å². The Labute approximate surface area is 236 Å². The number of hydrogen-bond acceptors (Lipinski definition) is 12. The molecule has 0 aromatic heterocycles. The molecular weight excluding hydrogens is 532 g/mol. The van der Waals surface area contributed by atoms with Gasteiger partial charge in [0.25, 0.3) is 0 Å². The Kier molecular flexibility index (Phi) is 29.7. The Morgan fingerprint density at radius 2 is 0.692 bits per heavy atom. The van der Waals surface area contributed by atoms with E-state index < -0.39 is 8.32 Å². The molecule has 0 fully saturated rings. The summed E-state index contributed by atoms with van der Waals surface area (Å²) in [4.78, 5) is 11.1. The molecule has 234 valence electrons. The van der Waals surface area contributed by atoms with Gasteiger partial charge in [-0.1, -0.05) is 0 Å². The van der Waals surface area contributed by atoms with Gasteiger partial charge in [0.2, 0.25) is 0 Å². The SMILES string of the molecule is CCOC(=O)CCOCCOCCOCCOCCOCCOCCOCCOCCOCCO[Si](C)(C)C. The molecule has 0 heterocycles. The molecule has 39 heavy (non-hydrogen) atoms. The van der Waals surface area contributed by atoms with E-state index in [-0.39, 0.29) is 12.4 Å².